The quantitative estimate of drug-likeness (QED) is 0.722. The summed E-state index contributed by atoms with van der Waals surface area (Å²) in [7, 11) is 0. The van der Waals surface area contributed by atoms with Crippen LogP contribution in [-0.4, -0.2) is 67.6 Å². The maximum atomic E-state index is 5.43. The summed E-state index contributed by atoms with van der Waals surface area (Å²) in [5.41, 5.74) is 1.20. The predicted octanol–water partition coefficient (Wildman–Crippen LogP) is 4.04. The second kappa shape index (κ2) is 8.43. The summed E-state index contributed by atoms with van der Waals surface area (Å²) >= 11 is 0. The van der Waals surface area contributed by atoms with E-state index >= 15 is 0 Å². The number of hydrogen-bond acceptors (Lipinski definition) is 6. The molecule has 6 heteroatoms. The fourth-order valence-electron chi connectivity index (χ4n) is 7.79. The molecule has 3 aliphatic carbocycles. The van der Waals surface area contributed by atoms with E-state index in [4.69, 9.17) is 4.74 Å². The summed E-state index contributed by atoms with van der Waals surface area (Å²) < 4.78 is 5.43. The zero-order valence-corrected chi connectivity index (χ0v) is 19.9. The smallest absolute Gasteiger partial charge is 0.151 e. The van der Waals surface area contributed by atoms with E-state index in [1.807, 2.05) is 0 Å². The summed E-state index contributed by atoms with van der Waals surface area (Å²) in [6.45, 7) is 11.0. The lowest BCUT2D eigenvalue weighted by atomic mass is 9.70. The third-order valence-electron chi connectivity index (χ3n) is 9.54. The monoisotopic (exact) mass is 439 g/mol. The molecule has 5 aliphatic rings. The first kappa shape index (κ1) is 21.2. The van der Waals surface area contributed by atoms with Crippen LogP contribution in [0.3, 0.4) is 0 Å². The highest BCUT2D eigenvalue weighted by Gasteiger charge is 2.54. The van der Waals surface area contributed by atoms with Crippen molar-refractivity contribution in [2.75, 3.05) is 62.7 Å². The Balaban J connectivity index is 0.951. The minimum atomic E-state index is 0.588. The molecule has 6 rings (SSSR count). The molecule has 0 aromatic carbocycles. The van der Waals surface area contributed by atoms with E-state index in [1.165, 1.54) is 71.0 Å². The van der Waals surface area contributed by atoms with Crippen molar-refractivity contribution < 1.29 is 4.74 Å². The van der Waals surface area contributed by atoms with Gasteiger partial charge in [-0.2, -0.15) is 0 Å². The van der Waals surface area contributed by atoms with Gasteiger partial charge in [0.2, 0.25) is 0 Å². The molecule has 6 nitrogen and oxygen atoms in total. The van der Waals surface area contributed by atoms with E-state index in [0.29, 0.717) is 10.8 Å². The Morgan fingerprint density at radius 1 is 1.00 bits per heavy atom. The lowest BCUT2D eigenvalue weighted by Crippen LogP contribution is -2.44. The molecule has 0 amide bonds. The zero-order chi connectivity index (χ0) is 21.6. The lowest BCUT2D eigenvalue weighted by Gasteiger charge is -2.43. The third kappa shape index (κ3) is 4.37. The van der Waals surface area contributed by atoms with Gasteiger partial charge in [0.1, 0.15) is 5.82 Å². The topological polar surface area (TPSA) is 53.5 Å². The number of piperidine rings is 1. The van der Waals surface area contributed by atoms with Gasteiger partial charge in [0.15, 0.2) is 5.82 Å². The Labute approximate surface area is 193 Å². The van der Waals surface area contributed by atoms with Crippen molar-refractivity contribution in [2.24, 2.45) is 28.6 Å². The van der Waals surface area contributed by atoms with Gasteiger partial charge in [-0.1, -0.05) is 19.8 Å². The van der Waals surface area contributed by atoms with Gasteiger partial charge in [-0.05, 0) is 92.3 Å². The first-order valence-electron chi connectivity index (χ1n) is 13.2. The Morgan fingerprint density at radius 2 is 1.75 bits per heavy atom. The summed E-state index contributed by atoms with van der Waals surface area (Å²) in [4.78, 5) is 5.07. The van der Waals surface area contributed by atoms with Gasteiger partial charge in [-0.15, -0.1) is 10.2 Å². The van der Waals surface area contributed by atoms with Crippen LogP contribution < -0.4 is 10.2 Å². The molecule has 1 aromatic heterocycles. The SMILES string of the molecule is CC1(CN2CCC3(CC2)CC3CNc2ccc(N3CCOCC3)nn2)CC2CCC(C2)C1. The summed E-state index contributed by atoms with van der Waals surface area (Å²) in [6, 6.07) is 4.19. The fraction of sp³-hybridized carbons (Fsp3) is 0.846. The van der Waals surface area contributed by atoms with E-state index in [9.17, 15) is 0 Å². The highest BCUT2D eigenvalue weighted by atomic mass is 16.5. The van der Waals surface area contributed by atoms with Gasteiger partial charge in [-0.25, -0.2) is 0 Å². The first-order chi connectivity index (χ1) is 15.6. The molecule has 5 fully saturated rings. The molecule has 1 aromatic rings. The number of nitrogens with zero attached hydrogens (tertiary/aromatic N) is 4. The van der Waals surface area contributed by atoms with Crippen LogP contribution >= 0.6 is 0 Å². The van der Waals surface area contributed by atoms with Crippen LogP contribution in [0.25, 0.3) is 0 Å². The van der Waals surface area contributed by atoms with Gasteiger partial charge >= 0.3 is 0 Å². The largest absolute Gasteiger partial charge is 0.378 e. The third-order valence-corrected chi connectivity index (χ3v) is 9.54. The van der Waals surface area contributed by atoms with Crippen LogP contribution in [0, 0.1) is 28.6 Å². The van der Waals surface area contributed by atoms with Crippen molar-refractivity contribution >= 4 is 11.6 Å². The van der Waals surface area contributed by atoms with Crippen LogP contribution in [0.1, 0.15) is 58.3 Å². The second-order valence-corrected chi connectivity index (χ2v) is 12.1. The molecular formula is C26H41N5O. The van der Waals surface area contributed by atoms with Crippen LogP contribution in [0.4, 0.5) is 11.6 Å². The minimum Gasteiger partial charge on any atom is -0.378 e. The molecule has 0 radical (unpaired) electrons. The number of hydrogen-bond donors (Lipinski definition) is 1. The Kier molecular flexibility index (Phi) is 5.57. The molecule has 176 valence electrons. The normalized spacial score (nSPS) is 36.4. The van der Waals surface area contributed by atoms with Crippen molar-refractivity contribution in [3.8, 4) is 0 Å². The summed E-state index contributed by atoms with van der Waals surface area (Å²) in [5.74, 6) is 4.78. The summed E-state index contributed by atoms with van der Waals surface area (Å²) in [6.07, 6.45) is 11.7. The van der Waals surface area contributed by atoms with Crippen LogP contribution in [0.2, 0.25) is 0 Å². The summed E-state index contributed by atoms with van der Waals surface area (Å²) in [5, 5.41) is 12.5. The predicted molar refractivity (Wildman–Crippen MR) is 128 cm³/mol. The standard InChI is InChI=1S/C26H41N5O/c1-25(15-20-2-3-21(14-20)16-25)19-30-8-6-26(7-9-30)17-22(26)18-27-23-4-5-24(29-28-23)31-10-12-32-13-11-31/h4-5,20-22H,2-3,6-19H2,1H3,(H,27,28). The molecule has 2 aliphatic heterocycles. The van der Waals surface area contributed by atoms with E-state index in [0.717, 1.165) is 62.2 Å². The highest BCUT2D eigenvalue weighted by Crippen LogP contribution is 2.59. The van der Waals surface area contributed by atoms with Crippen LogP contribution in [0.15, 0.2) is 12.1 Å². The number of morpholine rings is 1. The molecule has 3 heterocycles. The zero-order valence-electron chi connectivity index (χ0n) is 19.9. The van der Waals surface area contributed by atoms with E-state index in [1.54, 1.807) is 0 Å². The van der Waals surface area contributed by atoms with Crippen LogP contribution in [0.5, 0.6) is 0 Å². The molecule has 1 N–H and O–H groups in total. The second-order valence-electron chi connectivity index (χ2n) is 12.1. The van der Waals surface area contributed by atoms with E-state index in [2.05, 4.69) is 44.4 Å². The van der Waals surface area contributed by atoms with E-state index < -0.39 is 0 Å². The number of ether oxygens (including phenoxy) is 1. The molecule has 2 bridgehead atoms. The van der Waals surface area contributed by atoms with E-state index in [-0.39, 0.29) is 0 Å². The van der Waals surface area contributed by atoms with Gasteiger partial charge in [-0.3, -0.25) is 0 Å². The van der Waals surface area contributed by atoms with Gasteiger partial charge < -0.3 is 19.9 Å². The number of rotatable bonds is 6. The van der Waals surface area contributed by atoms with Gasteiger partial charge in [0, 0.05) is 26.2 Å². The first-order valence-corrected chi connectivity index (χ1v) is 13.2. The highest BCUT2D eigenvalue weighted by molar-refractivity contribution is 5.43. The Hall–Kier alpha value is -1.40. The number of likely N-dealkylation sites (tertiary alicyclic amines) is 1. The molecule has 1 spiro atoms. The molecular weight excluding hydrogens is 398 g/mol. The average molecular weight is 440 g/mol. The van der Waals surface area contributed by atoms with Crippen molar-refractivity contribution in [1.29, 1.82) is 0 Å². The average Bonchev–Trinajstić information content (AvgIpc) is 3.37. The molecule has 3 saturated carbocycles. The maximum absolute atomic E-state index is 5.43. The Bertz CT molecular complexity index is 772. The lowest BCUT2D eigenvalue weighted by molar-refractivity contribution is 0.0621. The van der Waals surface area contributed by atoms with Gasteiger partial charge in [0.25, 0.3) is 0 Å². The number of aromatic nitrogens is 2. The number of anilines is 2. The minimum absolute atomic E-state index is 0.588. The fourth-order valence-corrected chi connectivity index (χ4v) is 7.79. The number of nitrogens with one attached hydrogen (secondary N) is 1. The van der Waals surface area contributed by atoms with Crippen molar-refractivity contribution in [3.63, 3.8) is 0 Å². The molecule has 32 heavy (non-hydrogen) atoms. The number of fused-ring (bicyclic) bond motifs is 2. The Morgan fingerprint density at radius 3 is 2.44 bits per heavy atom. The van der Waals surface area contributed by atoms with Crippen molar-refractivity contribution in [3.05, 3.63) is 12.1 Å². The molecule has 3 atom stereocenters. The molecule has 3 unspecified atom stereocenters. The van der Waals surface area contributed by atoms with Gasteiger partial charge in [0.05, 0.1) is 13.2 Å². The molecule has 2 saturated heterocycles. The van der Waals surface area contributed by atoms with Crippen LogP contribution in [-0.2, 0) is 4.74 Å². The van der Waals surface area contributed by atoms with Crippen molar-refractivity contribution in [2.45, 2.75) is 58.3 Å². The van der Waals surface area contributed by atoms with Crippen molar-refractivity contribution in [1.82, 2.24) is 15.1 Å². The maximum Gasteiger partial charge on any atom is 0.151 e.